The van der Waals surface area contributed by atoms with Crippen LogP contribution in [-0.4, -0.2) is 27.1 Å². The van der Waals surface area contributed by atoms with Gasteiger partial charge in [0.25, 0.3) is 0 Å². The van der Waals surface area contributed by atoms with Gasteiger partial charge in [0.05, 0.1) is 22.7 Å². The van der Waals surface area contributed by atoms with E-state index in [0.717, 1.165) is 16.1 Å². The van der Waals surface area contributed by atoms with Crippen molar-refractivity contribution in [1.29, 1.82) is 0 Å². The van der Waals surface area contributed by atoms with Crippen LogP contribution >= 0.6 is 23.2 Å². The Morgan fingerprint density at radius 2 is 1.79 bits per heavy atom. The molecular formula is C16H16Cl2N2O3S. The maximum Gasteiger partial charge on any atom is 0.245 e. The molecule has 0 atom stereocenters. The maximum atomic E-state index is 12.2. The van der Waals surface area contributed by atoms with E-state index in [9.17, 15) is 13.2 Å². The Kier molecular flexibility index (Phi) is 5.74. The molecule has 0 saturated carbocycles. The summed E-state index contributed by atoms with van der Waals surface area (Å²) in [5, 5.41) is 3.39. The van der Waals surface area contributed by atoms with Gasteiger partial charge in [-0.3, -0.25) is 9.10 Å². The summed E-state index contributed by atoms with van der Waals surface area (Å²) in [4.78, 5) is 12.2. The second kappa shape index (κ2) is 7.42. The molecule has 1 N–H and O–H groups in total. The van der Waals surface area contributed by atoms with Gasteiger partial charge in [-0.25, -0.2) is 8.42 Å². The molecule has 2 aromatic rings. The fraction of sp³-hybridized carbons (Fsp3) is 0.188. The molecule has 0 spiro atoms. The van der Waals surface area contributed by atoms with Crippen LogP contribution in [0.2, 0.25) is 10.0 Å². The van der Waals surface area contributed by atoms with E-state index in [2.05, 4.69) is 5.32 Å². The highest BCUT2D eigenvalue weighted by Gasteiger charge is 2.21. The zero-order valence-electron chi connectivity index (χ0n) is 13.1. The Morgan fingerprint density at radius 3 is 2.38 bits per heavy atom. The molecule has 5 nitrogen and oxygen atoms in total. The van der Waals surface area contributed by atoms with Crippen LogP contribution in [0.4, 0.5) is 11.4 Å². The molecule has 0 aliphatic carbocycles. The molecule has 2 rings (SSSR count). The van der Waals surface area contributed by atoms with Crippen LogP contribution in [0.25, 0.3) is 0 Å². The predicted molar refractivity (Wildman–Crippen MR) is 98.5 cm³/mol. The second-order valence-electron chi connectivity index (χ2n) is 5.23. The highest BCUT2D eigenvalue weighted by atomic mass is 35.5. The average molecular weight is 387 g/mol. The molecule has 0 heterocycles. The van der Waals surface area contributed by atoms with Gasteiger partial charge in [-0.05, 0) is 36.8 Å². The molecule has 24 heavy (non-hydrogen) atoms. The highest BCUT2D eigenvalue weighted by Crippen LogP contribution is 2.25. The number of halogens is 2. The molecule has 8 heteroatoms. The Bertz CT molecular complexity index is 869. The lowest BCUT2D eigenvalue weighted by atomic mass is 10.2. The molecule has 128 valence electrons. The summed E-state index contributed by atoms with van der Waals surface area (Å²) in [6.45, 7) is 1.42. The number of para-hydroxylation sites is 1. The van der Waals surface area contributed by atoms with Crippen molar-refractivity contribution >= 4 is 50.5 Å². The number of hydrogen-bond donors (Lipinski definition) is 1. The smallest absolute Gasteiger partial charge is 0.245 e. The molecule has 0 bridgehead atoms. The van der Waals surface area contributed by atoms with Gasteiger partial charge in [0.1, 0.15) is 6.54 Å². The quantitative estimate of drug-likeness (QED) is 0.851. The largest absolute Gasteiger partial charge is 0.323 e. The lowest BCUT2D eigenvalue weighted by Crippen LogP contribution is -2.37. The third-order valence-electron chi connectivity index (χ3n) is 3.28. The summed E-state index contributed by atoms with van der Waals surface area (Å²) in [6, 6.07) is 11.5. The van der Waals surface area contributed by atoms with Crippen molar-refractivity contribution in [1.82, 2.24) is 0 Å². The molecule has 0 aromatic heterocycles. The van der Waals surface area contributed by atoms with Crippen molar-refractivity contribution < 1.29 is 13.2 Å². The Balaban J connectivity index is 2.25. The molecule has 0 fully saturated rings. The molecule has 1 amide bonds. The fourth-order valence-corrected chi connectivity index (χ4v) is 3.23. The Hall–Kier alpha value is -1.76. The van der Waals surface area contributed by atoms with Crippen molar-refractivity contribution in [3.63, 3.8) is 0 Å². The Morgan fingerprint density at radius 1 is 1.12 bits per heavy atom. The average Bonchev–Trinajstić information content (AvgIpc) is 2.49. The normalized spacial score (nSPS) is 11.2. The first kappa shape index (κ1) is 18.6. The number of sulfonamides is 1. The van der Waals surface area contributed by atoms with Crippen molar-refractivity contribution in [3.8, 4) is 0 Å². The van der Waals surface area contributed by atoms with Gasteiger partial charge in [0, 0.05) is 5.02 Å². The minimum atomic E-state index is -3.66. The number of nitrogens with one attached hydrogen (secondary N) is 1. The van der Waals surface area contributed by atoms with Crippen LogP contribution in [0.3, 0.4) is 0 Å². The Labute approximate surface area is 151 Å². The summed E-state index contributed by atoms with van der Waals surface area (Å²) in [5.41, 5.74) is 1.55. The van der Waals surface area contributed by atoms with Crippen molar-refractivity contribution in [2.45, 2.75) is 6.92 Å². The van der Waals surface area contributed by atoms with E-state index in [0.29, 0.717) is 21.4 Å². The van der Waals surface area contributed by atoms with Gasteiger partial charge in [0.2, 0.25) is 15.9 Å². The van der Waals surface area contributed by atoms with E-state index in [1.54, 1.807) is 43.3 Å². The first-order valence-corrected chi connectivity index (χ1v) is 9.57. The van der Waals surface area contributed by atoms with E-state index < -0.39 is 15.9 Å². The number of amides is 1. The predicted octanol–water partition coefficient (Wildman–Crippen LogP) is 3.71. The van der Waals surface area contributed by atoms with Crippen LogP contribution in [0.1, 0.15) is 5.56 Å². The van der Waals surface area contributed by atoms with Gasteiger partial charge in [0.15, 0.2) is 0 Å². The molecule has 0 aliphatic heterocycles. The van der Waals surface area contributed by atoms with E-state index in [1.165, 1.54) is 6.07 Å². The second-order valence-corrected chi connectivity index (χ2v) is 7.95. The number of aryl methyl sites for hydroxylation is 1. The van der Waals surface area contributed by atoms with Gasteiger partial charge >= 0.3 is 0 Å². The minimum Gasteiger partial charge on any atom is -0.323 e. The monoisotopic (exact) mass is 386 g/mol. The standard InChI is InChI=1S/C16H16Cl2N2O3S/c1-11-7-8-12(9-14(11)18)20(24(2,22)23)10-16(21)19-15-6-4-3-5-13(15)17/h3-9H,10H2,1-2H3,(H,19,21). The van der Waals surface area contributed by atoms with Crippen LogP contribution in [0.5, 0.6) is 0 Å². The van der Waals surface area contributed by atoms with Crippen molar-refractivity contribution in [2.24, 2.45) is 0 Å². The third-order valence-corrected chi connectivity index (χ3v) is 5.16. The van der Waals surface area contributed by atoms with E-state index in [4.69, 9.17) is 23.2 Å². The summed E-state index contributed by atoms with van der Waals surface area (Å²) in [5.74, 6) is -0.509. The van der Waals surface area contributed by atoms with Crippen LogP contribution in [0.15, 0.2) is 42.5 Å². The van der Waals surface area contributed by atoms with Gasteiger partial charge in [-0.1, -0.05) is 41.4 Å². The number of hydrogen-bond acceptors (Lipinski definition) is 3. The van der Waals surface area contributed by atoms with Crippen LogP contribution in [0, 0.1) is 6.92 Å². The van der Waals surface area contributed by atoms with Crippen molar-refractivity contribution in [2.75, 3.05) is 22.4 Å². The zero-order valence-corrected chi connectivity index (χ0v) is 15.4. The fourth-order valence-electron chi connectivity index (χ4n) is 2.02. The molecule has 0 aliphatic rings. The summed E-state index contributed by atoms with van der Waals surface area (Å²) in [6.07, 6.45) is 1.03. The minimum absolute atomic E-state index is 0.322. The van der Waals surface area contributed by atoms with Gasteiger partial charge in [-0.2, -0.15) is 0 Å². The maximum absolute atomic E-state index is 12.2. The number of carbonyl (C=O) groups excluding carboxylic acids is 1. The lowest BCUT2D eigenvalue weighted by molar-refractivity contribution is -0.114. The highest BCUT2D eigenvalue weighted by molar-refractivity contribution is 7.92. The SMILES string of the molecule is Cc1ccc(N(CC(=O)Nc2ccccc2Cl)S(C)(=O)=O)cc1Cl. The topological polar surface area (TPSA) is 66.5 Å². The summed E-state index contributed by atoms with van der Waals surface area (Å²) < 4.78 is 25.1. The summed E-state index contributed by atoms with van der Waals surface area (Å²) in [7, 11) is -3.66. The molecule has 2 aromatic carbocycles. The van der Waals surface area contributed by atoms with E-state index in [1.807, 2.05) is 0 Å². The van der Waals surface area contributed by atoms with Crippen LogP contribution < -0.4 is 9.62 Å². The molecule has 0 unspecified atom stereocenters. The molecule has 0 saturated heterocycles. The number of rotatable bonds is 5. The zero-order chi connectivity index (χ0) is 17.9. The lowest BCUT2D eigenvalue weighted by Gasteiger charge is -2.22. The summed E-state index contributed by atoms with van der Waals surface area (Å²) >= 11 is 12.0. The first-order valence-electron chi connectivity index (χ1n) is 6.97. The number of anilines is 2. The third kappa shape index (κ3) is 4.63. The number of nitrogens with zero attached hydrogens (tertiary/aromatic N) is 1. The number of carbonyl (C=O) groups is 1. The van der Waals surface area contributed by atoms with E-state index >= 15 is 0 Å². The number of benzene rings is 2. The van der Waals surface area contributed by atoms with Crippen LogP contribution in [-0.2, 0) is 14.8 Å². The first-order chi connectivity index (χ1) is 11.2. The van der Waals surface area contributed by atoms with Gasteiger partial charge in [-0.15, -0.1) is 0 Å². The van der Waals surface area contributed by atoms with Gasteiger partial charge < -0.3 is 5.32 Å². The molecule has 0 radical (unpaired) electrons. The van der Waals surface area contributed by atoms with E-state index in [-0.39, 0.29) is 6.54 Å². The van der Waals surface area contributed by atoms with Crippen molar-refractivity contribution in [3.05, 3.63) is 58.1 Å². The molecular weight excluding hydrogens is 371 g/mol.